The lowest BCUT2D eigenvalue weighted by molar-refractivity contribution is 0.515. The Hall–Kier alpha value is -1.94. The molecule has 0 aliphatic heterocycles. The number of fused-ring (bicyclic) bond motifs is 1. The molecule has 2 nitrogen and oxygen atoms in total. The lowest BCUT2D eigenvalue weighted by Gasteiger charge is -2.05. The van der Waals surface area contributed by atoms with Gasteiger partial charge in [0.05, 0.1) is 5.52 Å². The van der Waals surface area contributed by atoms with Crippen molar-refractivity contribution in [3.8, 4) is 0 Å². The van der Waals surface area contributed by atoms with Crippen molar-refractivity contribution in [2.75, 3.05) is 0 Å². The fourth-order valence-corrected chi connectivity index (χ4v) is 2.19. The van der Waals surface area contributed by atoms with Gasteiger partial charge in [-0.1, -0.05) is 30.3 Å². The first-order valence-electron chi connectivity index (χ1n) is 5.69. The molecule has 0 amide bonds. The molecule has 1 heterocycles. The molecule has 1 aromatic heterocycles. The van der Waals surface area contributed by atoms with E-state index in [-0.39, 0.29) is 5.52 Å². The molecule has 5 heteroatoms. The van der Waals surface area contributed by atoms with E-state index in [2.05, 4.69) is 9.97 Å². The highest BCUT2D eigenvalue weighted by molar-refractivity contribution is 6.22. The van der Waals surface area contributed by atoms with Gasteiger partial charge in [-0.05, 0) is 17.7 Å². The van der Waals surface area contributed by atoms with E-state index in [0.29, 0.717) is 11.3 Å². The van der Waals surface area contributed by atoms with Crippen LogP contribution in [0.3, 0.4) is 0 Å². The second-order valence-corrected chi connectivity index (χ2v) is 4.59. The van der Waals surface area contributed by atoms with Gasteiger partial charge in [-0.3, -0.25) is 0 Å². The molecule has 96 valence electrons. The molecule has 0 saturated heterocycles. The van der Waals surface area contributed by atoms with Crippen molar-refractivity contribution in [1.82, 2.24) is 9.97 Å². The Labute approximate surface area is 113 Å². The summed E-state index contributed by atoms with van der Waals surface area (Å²) in [6.07, 6.45) is 0. The van der Waals surface area contributed by atoms with E-state index in [4.69, 9.17) is 11.6 Å². The monoisotopic (exact) mass is 278 g/mol. The molecule has 2 aromatic carbocycles. The maximum Gasteiger partial charge on any atom is 0.186 e. The summed E-state index contributed by atoms with van der Waals surface area (Å²) < 4.78 is 26.7. The van der Waals surface area contributed by atoms with E-state index >= 15 is 0 Å². The second-order valence-electron chi connectivity index (χ2n) is 4.15. The Morgan fingerprint density at radius 1 is 1.05 bits per heavy atom. The minimum absolute atomic E-state index is 0.0309. The zero-order chi connectivity index (χ0) is 13.4. The van der Waals surface area contributed by atoms with Crippen molar-refractivity contribution in [1.29, 1.82) is 0 Å². The molecule has 19 heavy (non-hydrogen) atoms. The van der Waals surface area contributed by atoms with E-state index in [1.807, 2.05) is 30.3 Å². The Morgan fingerprint density at radius 2 is 1.79 bits per heavy atom. The molecule has 0 fully saturated rings. The first-order valence-corrected chi connectivity index (χ1v) is 6.13. The smallest absolute Gasteiger partial charge is 0.186 e. The molecule has 0 radical (unpaired) electrons. The van der Waals surface area contributed by atoms with Gasteiger partial charge in [0.15, 0.2) is 11.6 Å². The van der Waals surface area contributed by atoms with Gasteiger partial charge in [0.2, 0.25) is 0 Å². The molecular formula is C14H9ClF2N2. The number of hydrogen-bond acceptors (Lipinski definition) is 1. The van der Waals surface area contributed by atoms with Crippen LogP contribution < -0.4 is 0 Å². The number of H-pyrrole nitrogens is 1. The second kappa shape index (κ2) is 4.63. The van der Waals surface area contributed by atoms with Gasteiger partial charge in [-0.25, -0.2) is 13.8 Å². The minimum Gasteiger partial charge on any atom is -0.340 e. The number of imidazole rings is 1. The van der Waals surface area contributed by atoms with E-state index < -0.39 is 17.0 Å². The summed E-state index contributed by atoms with van der Waals surface area (Å²) in [7, 11) is 0. The van der Waals surface area contributed by atoms with Gasteiger partial charge in [0.1, 0.15) is 16.7 Å². The fourth-order valence-electron chi connectivity index (χ4n) is 1.94. The Morgan fingerprint density at radius 3 is 2.53 bits per heavy atom. The first-order chi connectivity index (χ1) is 9.16. The first kappa shape index (κ1) is 12.1. The van der Waals surface area contributed by atoms with Crippen molar-refractivity contribution in [3.63, 3.8) is 0 Å². The third-order valence-electron chi connectivity index (χ3n) is 2.90. The number of aromatic amines is 1. The van der Waals surface area contributed by atoms with Crippen LogP contribution in [0.25, 0.3) is 11.0 Å². The third kappa shape index (κ3) is 2.08. The van der Waals surface area contributed by atoms with Crippen LogP contribution in [-0.2, 0) is 0 Å². The summed E-state index contributed by atoms with van der Waals surface area (Å²) in [5, 5.41) is -0.531. The Balaban J connectivity index is 2.09. The third-order valence-corrected chi connectivity index (χ3v) is 3.36. The molecule has 0 aliphatic carbocycles. The van der Waals surface area contributed by atoms with Gasteiger partial charge in [-0.15, -0.1) is 11.6 Å². The number of benzene rings is 2. The highest BCUT2D eigenvalue weighted by atomic mass is 35.5. The van der Waals surface area contributed by atoms with E-state index in [9.17, 15) is 8.78 Å². The quantitative estimate of drug-likeness (QED) is 0.700. The zero-order valence-electron chi connectivity index (χ0n) is 9.70. The molecule has 0 spiro atoms. The minimum atomic E-state index is -0.961. The molecule has 3 rings (SSSR count). The van der Waals surface area contributed by atoms with Crippen molar-refractivity contribution >= 4 is 22.6 Å². The molecule has 0 saturated carbocycles. The summed E-state index contributed by atoms with van der Waals surface area (Å²) in [4.78, 5) is 6.96. The van der Waals surface area contributed by atoms with Gasteiger partial charge in [-0.2, -0.15) is 0 Å². The van der Waals surface area contributed by atoms with Gasteiger partial charge in [0.25, 0.3) is 0 Å². The summed E-state index contributed by atoms with van der Waals surface area (Å²) in [5.41, 5.74) is 1.23. The van der Waals surface area contributed by atoms with Crippen molar-refractivity contribution in [2.24, 2.45) is 0 Å². The lowest BCUT2D eigenvalue weighted by atomic mass is 10.1. The number of nitrogens with zero attached hydrogens (tertiary/aromatic N) is 1. The Kier molecular flexibility index (Phi) is 2.95. The summed E-state index contributed by atoms with van der Waals surface area (Å²) >= 11 is 6.29. The fraction of sp³-hybridized carbons (Fsp3) is 0.0714. The number of rotatable bonds is 2. The van der Waals surface area contributed by atoms with Crippen LogP contribution in [0.1, 0.15) is 16.8 Å². The zero-order valence-corrected chi connectivity index (χ0v) is 10.5. The van der Waals surface area contributed by atoms with Gasteiger partial charge in [0, 0.05) is 0 Å². The molecular weight excluding hydrogens is 270 g/mol. The van der Waals surface area contributed by atoms with Crippen LogP contribution >= 0.6 is 11.6 Å². The largest absolute Gasteiger partial charge is 0.340 e. The topological polar surface area (TPSA) is 28.7 Å². The maximum absolute atomic E-state index is 13.6. The van der Waals surface area contributed by atoms with Gasteiger partial charge >= 0.3 is 0 Å². The summed E-state index contributed by atoms with van der Waals surface area (Å²) in [5.74, 6) is -1.49. The highest BCUT2D eigenvalue weighted by Gasteiger charge is 2.17. The molecule has 0 bridgehead atoms. The van der Waals surface area contributed by atoms with E-state index in [0.717, 1.165) is 11.6 Å². The number of hydrogen-bond donors (Lipinski definition) is 1. The Bertz CT molecular complexity index is 725. The molecule has 1 N–H and O–H groups in total. The lowest BCUT2D eigenvalue weighted by Crippen LogP contribution is -1.95. The maximum atomic E-state index is 13.6. The van der Waals surface area contributed by atoms with Crippen molar-refractivity contribution < 1.29 is 8.78 Å². The average Bonchev–Trinajstić information content (AvgIpc) is 2.88. The van der Waals surface area contributed by atoms with Crippen LogP contribution in [0, 0.1) is 11.6 Å². The van der Waals surface area contributed by atoms with Crippen LogP contribution in [0.5, 0.6) is 0 Å². The highest BCUT2D eigenvalue weighted by Crippen LogP contribution is 2.29. The predicted molar refractivity (Wildman–Crippen MR) is 70.1 cm³/mol. The van der Waals surface area contributed by atoms with Crippen molar-refractivity contribution in [3.05, 3.63) is 65.5 Å². The van der Waals surface area contributed by atoms with Crippen LogP contribution in [0.4, 0.5) is 8.78 Å². The number of halogens is 3. The van der Waals surface area contributed by atoms with Crippen LogP contribution in [0.2, 0.25) is 0 Å². The molecule has 3 aromatic rings. The predicted octanol–water partition coefficient (Wildman–Crippen LogP) is 4.17. The van der Waals surface area contributed by atoms with Crippen LogP contribution in [-0.4, -0.2) is 9.97 Å². The SMILES string of the molecule is Fc1ccc2[nH]c(C(Cl)c3ccccc3)nc2c1F. The standard InChI is InChI=1S/C14H9ClF2N2/c15-11(8-4-2-1-3-5-8)14-18-10-7-6-9(16)12(17)13(10)19-14/h1-7,11H,(H,18,19). The normalized spacial score (nSPS) is 12.8. The number of alkyl halides is 1. The van der Waals surface area contributed by atoms with Crippen LogP contribution in [0.15, 0.2) is 42.5 Å². The van der Waals surface area contributed by atoms with Crippen molar-refractivity contribution in [2.45, 2.75) is 5.38 Å². The number of aromatic nitrogens is 2. The summed E-state index contributed by atoms with van der Waals surface area (Å²) in [6, 6.07) is 11.8. The molecule has 1 atom stereocenters. The average molecular weight is 279 g/mol. The van der Waals surface area contributed by atoms with E-state index in [1.165, 1.54) is 6.07 Å². The summed E-state index contributed by atoms with van der Waals surface area (Å²) in [6.45, 7) is 0. The molecule has 1 unspecified atom stereocenters. The number of nitrogens with one attached hydrogen (secondary N) is 1. The molecule has 0 aliphatic rings. The van der Waals surface area contributed by atoms with E-state index in [1.54, 1.807) is 0 Å². The van der Waals surface area contributed by atoms with Gasteiger partial charge < -0.3 is 4.98 Å².